The minimum absolute atomic E-state index is 0.936. The third-order valence-electron chi connectivity index (χ3n) is 3.37. The summed E-state index contributed by atoms with van der Waals surface area (Å²) in [6.07, 6.45) is 8.38. The fourth-order valence-corrected chi connectivity index (χ4v) is 2.52. The summed E-state index contributed by atoms with van der Waals surface area (Å²) in [5.41, 5.74) is 0. The molecule has 0 aliphatic carbocycles. The van der Waals surface area contributed by atoms with Crippen molar-refractivity contribution in [3.05, 3.63) is 0 Å². The number of thioether (sulfide) groups is 1. The van der Waals surface area contributed by atoms with Crippen LogP contribution in [-0.2, 0) is 0 Å². The van der Waals surface area contributed by atoms with Crippen LogP contribution in [0.1, 0.15) is 66.2 Å². The van der Waals surface area contributed by atoms with Gasteiger partial charge < -0.3 is 0 Å². The molecule has 0 aliphatic rings. The van der Waals surface area contributed by atoms with Crippen LogP contribution in [-0.4, -0.2) is 11.5 Å². The van der Waals surface area contributed by atoms with Gasteiger partial charge in [-0.15, -0.1) is 0 Å². The molecule has 2 atom stereocenters. The van der Waals surface area contributed by atoms with E-state index in [0.717, 1.165) is 11.8 Å². The normalized spacial score (nSPS) is 15.2. The lowest BCUT2D eigenvalue weighted by Gasteiger charge is -2.09. The van der Waals surface area contributed by atoms with Crippen molar-refractivity contribution >= 4 is 11.8 Å². The Labute approximate surface area is 102 Å². The Morgan fingerprint density at radius 1 is 0.800 bits per heavy atom. The van der Waals surface area contributed by atoms with Crippen molar-refractivity contribution in [3.63, 3.8) is 0 Å². The average molecular weight is 230 g/mol. The molecule has 2 unspecified atom stereocenters. The third kappa shape index (κ3) is 10.6. The van der Waals surface area contributed by atoms with Crippen molar-refractivity contribution in [2.75, 3.05) is 11.5 Å². The van der Waals surface area contributed by atoms with Crippen molar-refractivity contribution in [1.82, 2.24) is 0 Å². The molecule has 0 heterocycles. The molecule has 15 heavy (non-hydrogen) atoms. The van der Waals surface area contributed by atoms with Crippen LogP contribution in [0.2, 0.25) is 0 Å². The lowest BCUT2D eigenvalue weighted by atomic mass is 10.0. The van der Waals surface area contributed by atoms with E-state index in [-0.39, 0.29) is 0 Å². The van der Waals surface area contributed by atoms with Crippen LogP contribution < -0.4 is 0 Å². The van der Waals surface area contributed by atoms with Crippen LogP contribution in [0.4, 0.5) is 0 Å². The van der Waals surface area contributed by atoms with Gasteiger partial charge in [-0.3, -0.25) is 0 Å². The summed E-state index contributed by atoms with van der Waals surface area (Å²) < 4.78 is 0. The SMILES string of the molecule is CCC(C)CCCSCCCC(C)CC. The Balaban J connectivity index is 3.05. The first-order valence-corrected chi connectivity index (χ1v) is 7.93. The van der Waals surface area contributed by atoms with Gasteiger partial charge in [-0.2, -0.15) is 11.8 Å². The van der Waals surface area contributed by atoms with Crippen LogP contribution in [0.3, 0.4) is 0 Å². The van der Waals surface area contributed by atoms with Gasteiger partial charge >= 0.3 is 0 Å². The second kappa shape index (κ2) is 10.9. The molecule has 0 aromatic heterocycles. The lowest BCUT2D eigenvalue weighted by molar-refractivity contribution is 0.508. The highest BCUT2D eigenvalue weighted by atomic mass is 32.2. The second-order valence-corrected chi connectivity index (χ2v) is 6.15. The predicted octanol–water partition coefficient (Wildman–Crippen LogP) is 5.37. The van der Waals surface area contributed by atoms with Crippen molar-refractivity contribution < 1.29 is 0 Å². The summed E-state index contributed by atoms with van der Waals surface area (Å²) in [6, 6.07) is 0. The van der Waals surface area contributed by atoms with Gasteiger partial charge in [0.1, 0.15) is 0 Å². The molecule has 0 aromatic carbocycles. The van der Waals surface area contributed by atoms with Gasteiger partial charge in [0.25, 0.3) is 0 Å². The molecule has 0 saturated carbocycles. The van der Waals surface area contributed by atoms with Crippen LogP contribution in [0.25, 0.3) is 0 Å². The second-order valence-electron chi connectivity index (χ2n) is 4.92. The number of rotatable bonds is 10. The molecule has 0 nitrogen and oxygen atoms in total. The molecule has 0 saturated heterocycles. The third-order valence-corrected chi connectivity index (χ3v) is 4.52. The summed E-state index contributed by atoms with van der Waals surface area (Å²) in [6.45, 7) is 9.33. The lowest BCUT2D eigenvalue weighted by Crippen LogP contribution is -1.95. The van der Waals surface area contributed by atoms with Crippen LogP contribution >= 0.6 is 11.8 Å². The molecule has 0 aliphatic heterocycles. The highest BCUT2D eigenvalue weighted by Crippen LogP contribution is 2.16. The van der Waals surface area contributed by atoms with E-state index in [1.807, 2.05) is 0 Å². The Bertz CT molecular complexity index is 109. The molecule has 0 amide bonds. The zero-order valence-corrected chi connectivity index (χ0v) is 12.0. The molecule has 0 N–H and O–H groups in total. The summed E-state index contributed by atoms with van der Waals surface area (Å²) >= 11 is 2.16. The quantitative estimate of drug-likeness (QED) is 0.454. The van der Waals surface area contributed by atoms with E-state index in [9.17, 15) is 0 Å². The Kier molecular flexibility index (Phi) is 11.1. The van der Waals surface area contributed by atoms with Gasteiger partial charge in [-0.1, -0.05) is 40.5 Å². The smallest absolute Gasteiger partial charge is 0.00674 e. The number of hydrogen-bond acceptors (Lipinski definition) is 1. The molecule has 0 spiro atoms. The summed E-state index contributed by atoms with van der Waals surface area (Å²) in [4.78, 5) is 0. The van der Waals surface area contributed by atoms with E-state index in [2.05, 4.69) is 39.5 Å². The molecule has 0 rings (SSSR count). The molecule has 0 fully saturated rings. The minimum Gasteiger partial charge on any atom is -0.162 e. The topological polar surface area (TPSA) is 0 Å². The average Bonchev–Trinajstić information content (AvgIpc) is 2.26. The number of hydrogen-bond donors (Lipinski definition) is 0. The largest absolute Gasteiger partial charge is 0.162 e. The molecule has 1 heteroatoms. The summed E-state index contributed by atoms with van der Waals surface area (Å²) in [5.74, 6) is 4.63. The minimum atomic E-state index is 0.936. The Morgan fingerprint density at radius 2 is 1.20 bits per heavy atom. The fraction of sp³-hybridized carbons (Fsp3) is 1.00. The first-order chi connectivity index (χ1) is 7.20. The van der Waals surface area contributed by atoms with Gasteiger partial charge in [0, 0.05) is 0 Å². The van der Waals surface area contributed by atoms with E-state index in [4.69, 9.17) is 0 Å². The van der Waals surface area contributed by atoms with E-state index in [0.29, 0.717) is 0 Å². The van der Waals surface area contributed by atoms with Gasteiger partial charge in [0.2, 0.25) is 0 Å². The standard InChI is InChI=1S/C14H30S/c1-5-13(3)9-7-11-15-12-8-10-14(4)6-2/h13-14H,5-12H2,1-4H3. The molecular weight excluding hydrogens is 200 g/mol. The van der Waals surface area contributed by atoms with Crippen molar-refractivity contribution in [1.29, 1.82) is 0 Å². The van der Waals surface area contributed by atoms with Gasteiger partial charge in [0.05, 0.1) is 0 Å². The van der Waals surface area contributed by atoms with Crippen molar-refractivity contribution in [2.45, 2.75) is 66.2 Å². The first-order valence-electron chi connectivity index (χ1n) is 6.78. The van der Waals surface area contributed by atoms with Gasteiger partial charge in [-0.25, -0.2) is 0 Å². The van der Waals surface area contributed by atoms with Crippen molar-refractivity contribution in [2.24, 2.45) is 11.8 Å². The predicted molar refractivity (Wildman–Crippen MR) is 74.7 cm³/mol. The van der Waals surface area contributed by atoms with E-state index < -0.39 is 0 Å². The maximum atomic E-state index is 2.37. The van der Waals surface area contributed by atoms with Crippen molar-refractivity contribution in [3.8, 4) is 0 Å². The van der Waals surface area contributed by atoms with E-state index >= 15 is 0 Å². The zero-order chi connectivity index (χ0) is 11.5. The summed E-state index contributed by atoms with van der Waals surface area (Å²) in [7, 11) is 0. The Hall–Kier alpha value is 0.350. The molecule has 92 valence electrons. The van der Waals surface area contributed by atoms with Crippen LogP contribution in [0.5, 0.6) is 0 Å². The highest BCUT2D eigenvalue weighted by Gasteiger charge is 2.00. The van der Waals surface area contributed by atoms with E-state index in [1.165, 1.54) is 50.0 Å². The molecule has 0 bridgehead atoms. The molecular formula is C14H30S. The monoisotopic (exact) mass is 230 g/mol. The van der Waals surface area contributed by atoms with Gasteiger partial charge in [-0.05, 0) is 49.0 Å². The zero-order valence-electron chi connectivity index (χ0n) is 11.2. The summed E-state index contributed by atoms with van der Waals surface area (Å²) in [5, 5.41) is 0. The van der Waals surface area contributed by atoms with Crippen LogP contribution in [0, 0.1) is 11.8 Å². The highest BCUT2D eigenvalue weighted by molar-refractivity contribution is 7.99. The molecule has 0 aromatic rings. The van der Waals surface area contributed by atoms with Gasteiger partial charge in [0.15, 0.2) is 0 Å². The maximum absolute atomic E-state index is 2.37. The van der Waals surface area contributed by atoms with Crippen LogP contribution in [0.15, 0.2) is 0 Å². The molecule has 0 radical (unpaired) electrons. The van der Waals surface area contributed by atoms with E-state index in [1.54, 1.807) is 0 Å². The Morgan fingerprint density at radius 3 is 1.53 bits per heavy atom. The fourth-order valence-electron chi connectivity index (χ4n) is 1.58. The maximum Gasteiger partial charge on any atom is -0.00674 e. The first kappa shape index (κ1) is 15.3.